The normalized spacial score (nSPS) is 11.6. The average Bonchev–Trinajstić information content (AvgIpc) is 3.76. The van der Waals surface area contributed by atoms with Crippen molar-refractivity contribution in [1.29, 1.82) is 0 Å². The van der Waals surface area contributed by atoms with E-state index in [0.717, 1.165) is 66.9 Å². The van der Waals surface area contributed by atoms with Crippen molar-refractivity contribution < 1.29 is 8.83 Å². The maximum absolute atomic E-state index is 6.63. The van der Waals surface area contributed by atoms with Crippen LogP contribution in [0.1, 0.15) is 5.56 Å². The molecule has 0 amide bonds. The third-order valence-corrected chi connectivity index (χ3v) is 10.3. The summed E-state index contributed by atoms with van der Waals surface area (Å²) in [5.74, 6) is 0.895. The van der Waals surface area contributed by atoms with Crippen LogP contribution in [-0.4, -0.2) is 0 Å². The predicted molar refractivity (Wildman–Crippen MR) is 217 cm³/mol. The summed E-state index contributed by atoms with van der Waals surface area (Å²) in [5.41, 5.74) is 12.6. The summed E-state index contributed by atoms with van der Waals surface area (Å²) in [5, 5.41) is 5.62. The Balaban J connectivity index is 1.09. The van der Waals surface area contributed by atoms with Crippen LogP contribution < -0.4 is 4.90 Å². The van der Waals surface area contributed by atoms with Gasteiger partial charge in [0.05, 0.1) is 5.39 Å². The van der Waals surface area contributed by atoms with Gasteiger partial charge in [0.2, 0.25) is 0 Å². The predicted octanol–water partition coefficient (Wildman–Crippen LogP) is 14.3. The zero-order valence-electron chi connectivity index (χ0n) is 28.6. The smallest absolute Gasteiger partial charge is 0.146 e. The Bertz CT molecular complexity index is 2880. The molecule has 246 valence electrons. The van der Waals surface area contributed by atoms with E-state index in [4.69, 9.17) is 8.83 Å². The van der Waals surface area contributed by atoms with Crippen LogP contribution in [0.25, 0.3) is 77.3 Å². The first kappa shape index (κ1) is 30.0. The molecule has 0 bridgehead atoms. The zero-order chi connectivity index (χ0) is 34.6. The Morgan fingerprint density at radius 1 is 0.385 bits per heavy atom. The summed E-state index contributed by atoms with van der Waals surface area (Å²) in [6.07, 6.45) is 0. The first-order chi connectivity index (χ1) is 25.7. The van der Waals surface area contributed by atoms with Crippen LogP contribution in [-0.2, 0) is 0 Å². The van der Waals surface area contributed by atoms with Gasteiger partial charge in [-0.3, -0.25) is 0 Å². The minimum Gasteiger partial charge on any atom is -0.456 e. The van der Waals surface area contributed by atoms with E-state index in [2.05, 4.69) is 176 Å². The number of hydrogen-bond acceptors (Lipinski definition) is 3. The highest BCUT2D eigenvalue weighted by Crippen LogP contribution is 2.43. The van der Waals surface area contributed by atoms with Gasteiger partial charge in [-0.1, -0.05) is 121 Å². The second-order valence-corrected chi connectivity index (χ2v) is 13.4. The van der Waals surface area contributed by atoms with Crippen molar-refractivity contribution in [3.63, 3.8) is 0 Å². The molecular formula is C49H33NO2. The Morgan fingerprint density at radius 2 is 0.942 bits per heavy atom. The lowest BCUT2D eigenvalue weighted by Crippen LogP contribution is -2.09. The number of fused-ring (bicyclic) bond motifs is 6. The van der Waals surface area contributed by atoms with Crippen LogP contribution in [0.4, 0.5) is 17.1 Å². The maximum Gasteiger partial charge on any atom is 0.146 e. The monoisotopic (exact) mass is 667 g/mol. The molecule has 2 heterocycles. The highest BCUT2D eigenvalue weighted by molar-refractivity contribution is 6.18. The molecule has 0 unspecified atom stereocenters. The quantitative estimate of drug-likeness (QED) is 0.177. The average molecular weight is 668 g/mol. The molecule has 0 radical (unpaired) electrons. The van der Waals surface area contributed by atoms with Crippen molar-refractivity contribution >= 4 is 60.7 Å². The topological polar surface area (TPSA) is 29.5 Å². The SMILES string of the molecule is Cc1c(-c2ccccc2)oc2c1ccc1oc3cc(N(c4ccc(-c5ccccc5)cc4)c4ccc(-c5ccc6ccccc6c5)cc4)ccc3c12. The van der Waals surface area contributed by atoms with E-state index in [1.807, 2.05) is 18.2 Å². The number of benzene rings is 8. The van der Waals surface area contributed by atoms with Crippen LogP contribution in [0.2, 0.25) is 0 Å². The maximum atomic E-state index is 6.63. The third kappa shape index (κ3) is 5.06. The molecule has 0 saturated carbocycles. The highest BCUT2D eigenvalue weighted by Gasteiger charge is 2.21. The standard InChI is InChI=1S/C49H33NO2/c1-32-43-28-29-45-47(49(43)52-48(32)37-13-6-3-7-14-37)44-27-26-42(31-46(44)51-45)50(40-22-18-35(19-23-40)33-10-4-2-5-11-33)41-24-20-36(21-25-41)39-17-16-34-12-8-9-15-38(34)30-39/h2-31H,1H3. The molecule has 10 rings (SSSR count). The van der Waals surface area contributed by atoms with E-state index < -0.39 is 0 Å². The van der Waals surface area contributed by atoms with E-state index in [1.165, 1.54) is 33.0 Å². The van der Waals surface area contributed by atoms with Gasteiger partial charge >= 0.3 is 0 Å². The van der Waals surface area contributed by atoms with Crippen LogP contribution in [0.15, 0.2) is 191 Å². The molecule has 0 aliphatic rings. The van der Waals surface area contributed by atoms with Gasteiger partial charge in [0.1, 0.15) is 22.5 Å². The molecule has 0 N–H and O–H groups in total. The molecule has 0 aliphatic carbocycles. The van der Waals surface area contributed by atoms with Crippen molar-refractivity contribution in [2.24, 2.45) is 0 Å². The van der Waals surface area contributed by atoms with Gasteiger partial charge < -0.3 is 13.7 Å². The number of nitrogens with zero attached hydrogens (tertiary/aromatic N) is 1. The largest absolute Gasteiger partial charge is 0.456 e. The van der Waals surface area contributed by atoms with E-state index in [1.54, 1.807) is 0 Å². The van der Waals surface area contributed by atoms with Crippen LogP contribution >= 0.6 is 0 Å². The van der Waals surface area contributed by atoms with E-state index in [9.17, 15) is 0 Å². The summed E-state index contributed by atoms with van der Waals surface area (Å²) in [6.45, 7) is 2.13. The summed E-state index contributed by atoms with van der Waals surface area (Å²) in [7, 11) is 0. The van der Waals surface area contributed by atoms with Gasteiger partial charge in [0.25, 0.3) is 0 Å². The first-order valence-electron chi connectivity index (χ1n) is 17.7. The second kappa shape index (κ2) is 12.2. The number of furan rings is 2. The fourth-order valence-electron chi connectivity index (χ4n) is 7.58. The summed E-state index contributed by atoms with van der Waals surface area (Å²) in [6, 6.07) is 64.3. The molecular weight excluding hydrogens is 635 g/mol. The summed E-state index contributed by atoms with van der Waals surface area (Å²) >= 11 is 0. The fraction of sp³-hybridized carbons (Fsp3) is 0.0204. The zero-order valence-corrected chi connectivity index (χ0v) is 28.6. The van der Waals surface area contributed by atoms with Crippen molar-refractivity contribution in [2.45, 2.75) is 6.92 Å². The summed E-state index contributed by atoms with van der Waals surface area (Å²) in [4.78, 5) is 2.30. The van der Waals surface area contributed by atoms with Crippen LogP contribution in [0.3, 0.4) is 0 Å². The molecule has 3 heteroatoms. The van der Waals surface area contributed by atoms with E-state index in [-0.39, 0.29) is 0 Å². The van der Waals surface area contributed by atoms with Crippen molar-refractivity contribution in [3.8, 4) is 33.6 Å². The van der Waals surface area contributed by atoms with E-state index >= 15 is 0 Å². The highest BCUT2D eigenvalue weighted by atomic mass is 16.3. The van der Waals surface area contributed by atoms with Gasteiger partial charge in [-0.25, -0.2) is 0 Å². The van der Waals surface area contributed by atoms with Gasteiger partial charge in [-0.05, 0) is 94.5 Å². The molecule has 0 aliphatic heterocycles. The fourth-order valence-corrected chi connectivity index (χ4v) is 7.58. The van der Waals surface area contributed by atoms with Gasteiger partial charge in [-0.2, -0.15) is 0 Å². The Hall–Kier alpha value is -6.84. The molecule has 0 spiro atoms. The van der Waals surface area contributed by atoms with Gasteiger partial charge in [-0.15, -0.1) is 0 Å². The van der Waals surface area contributed by atoms with E-state index in [0.29, 0.717) is 0 Å². The third-order valence-electron chi connectivity index (χ3n) is 10.3. The lowest BCUT2D eigenvalue weighted by Gasteiger charge is -2.26. The van der Waals surface area contributed by atoms with Gasteiger partial charge in [0.15, 0.2) is 0 Å². The number of anilines is 3. The minimum absolute atomic E-state index is 0.812. The minimum atomic E-state index is 0.812. The molecule has 2 aromatic heterocycles. The molecule has 52 heavy (non-hydrogen) atoms. The molecule has 8 aromatic carbocycles. The first-order valence-corrected chi connectivity index (χ1v) is 17.7. The lowest BCUT2D eigenvalue weighted by molar-refractivity contribution is 0.631. The van der Waals surface area contributed by atoms with Crippen molar-refractivity contribution in [1.82, 2.24) is 0 Å². The Morgan fingerprint density at radius 3 is 1.65 bits per heavy atom. The lowest BCUT2D eigenvalue weighted by atomic mass is 10.0. The number of rotatable bonds is 6. The van der Waals surface area contributed by atoms with Crippen LogP contribution in [0.5, 0.6) is 0 Å². The molecule has 3 nitrogen and oxygen atoms in total. The van der Waals surface area contributed by atoms with Crippen LogP contribution in [0, 0.1) is 6.92 Å². The number of hydrogen-bond donors (Lipinski definition) is 0. The Kier molecular flexibility index (Phi) is 7.04. The molecule has 0 saturated heterocycles. The molecule has 0 fully saturated rings. The second-order valence-electron chi connectivity index (χ2n) is 13.4. The number of aryl methyl sites for hydroxylation is 1. The molecule has 10 aromatic rings. The van der Waals surface area contributed by atoms with Gasteiger partial charge in [0, 0.05) is 45.0 Å². The molecule has 0 atom stereocenters. The van der Waals surface area contributed by atoms with Crippen molar-refractivity contribution in [2.75, 3.05) is 4.90 Å². The Labute approximate surface area is 301 Å². The van der Waals surface area contributed by atoms with Crippen molar-refractivity contribution in [3.05, 3.63) is 188 Å². The summed E-state index contributed by atoms with van der Waals surface area (Å²) < 4.78 is 13.2.